The van der Waals surface area contributed by atoms with Crippen molar-refractivity contribution in [1.29, 1.82) is 0 Å². The lowest BCUT2D eigenvalue weighted by molar-refractivity contribution is -0.140. The summed E-state index contributed by atoms with van der Waals surface area (Å²) in [6.45, 7) is 18.9. The zero-order valence-corrected chi connectivity index (χ0v) is 18.1. The smallest absolute Gasteiger partial charge is 0.333 e. The van der Waals surface area contributed by atoms with Crippen molar-refractivity contribution in [3.05, 3.63) is 37.5 Å². The normalized spacial score (nSPS) is 9.04. The topological polar surface area (TPSA) is 92.7 Å². The molecule has 0 saturated carbocycles. The highest BCUT2D eigenvalue weighted by Crippen LogP contribution is 2.03. The first-order valence-corrected chi connectivity index (χ1v) is 9.70. The van der Waals surface area contributed by atoms with Gasteiger partial charge < -0.3 is 15.2 Å². The summed E-state index contributed by atoms with van der Waals surface area (Å²) in [5.41, 5.74) is 0.459. The van der Waals surface area contributed by atoms with Gasteiger partial charge in [0.15, 0.2) is 0 Å². The van der Waals surface area contributed by atoms with Crippen LogP contribution in [-0.4, -0.2) is 36.1 Å². The molecule has 0 heterocycles. The van der Waals surface area contributed by atoms with Gasteiger partial charge >= 0.3 is 11.9 Å². The zero-order chi connectivity index (χ0) is 22.4. The quantitative estimate of drug-likeness (QED) is 0.284. The molecule has 0 aromatic heterocycles. The van der Waals surface area contributed by atoms with Crippen LogP contribution in [0.25, 0.3) is 0 Å². The molecule has 2 N–H and O–H groups in total. The van der Waals surface area contributed by atoms with Crippen LogP contribution in [-0.2, 0) is 19.1 Å². The number of rotatable bonds is 12. The van der Waals surface area contributed by atoms with E-state index in [9.17, 15) is 14.4 Å². The number of carboxylic acid groups (broad SMARTS) is 1. The fourth-order valence-electron chi connectivity index (χ4n) is 1.55. The van der Waals surface area contributed by atoms with Gasteiger partial charge in [-0.15, -0.1) is 0 Å². The lowest BCUT2D eigenvalue weighted by Crippen LogP contribution is -2.21. The second-order valence-corrected chi connectivity index (χ2v) is 6.58. The Hall–Kier alpha value is -2.37. The third-order valence-corrected chi connectivity index (χ3v) is 3.09. The van der Waals surface area contributed by atoms with Crippen molar-refractivity contribution in [3.63, 3.8) is 0 Å². The molecule has 0 unspecified atom stereocenters. The minimum Gasteiger partial charge on any atom is -0.478 e. The Balaban J connectivity index is -0.000000368. The van der Waals surface area contributed by atoms with Crippen molar-refractivity contribution in [2.24, 2.45) is 5.92 Å². The first-order valence-electron chi connectivity index (χ1n) is 9.70. The molecule has 0 bridgehead atoms. The van der Waals surface area contributed by atoms with E-state index >= 15 is 0 Å². The number of hydrogen-bond donors (Lipinski definition) is 2. The Bertz CT molecular complexity index is 470. The molecule has 0 aliphatic rings. The van der Waals surface area contributed by atoms with Crippen molar-refractivity contribution in [3.8, 4) is 0 Å². The van der Waals surface area contributed by atoms with Gasteiger partial charge in [0.05, 0.1) is 6.61 Å². The van der Waals surface area contributed by atoms with Crippen LogP contribution in [0.2, 0.25) is 0 Å². The van der Waals surface area contributed by atoms with Gasteiger partial charge in [-0.1, -0.05) is 72.6 Å². The molecular formula is C22H39NO5. The highest BCUT2D eigenvalue weighted by atomic mass is 16.5. The molecule has 0 rings (SSSR count). The van der Waals surface area contributed by atoms with E-state index in [-0.39, 0.29) is 11.9 Å². The standard InChI is InChI=1S/C11H21NO.C8H14O2.C3H4O2/c1-3-5-6-7-8-9-10-12-11(13)4-2;1-6(2)5-10-8(9)7(3)4;1-2-3(4)5/h4H,2-3,5-10H2,1H3,(H,12,13);6H,3,5H2,1-2,4H3;2H,1H2,(H,4,5). The molecular weight excluding hydrogens is 358 g/mol. The number of amides is 1. The first kappa shape index (κ1) is 30.4. The van der Waals surface area contributed by atoms with Gasteiger partial charge in [0.25, 0.3) is 0 Å². The number of nitrogens with one attached hydrogen (secondary N) is 1. The number of hydrogen-bond acceptors (Lipinski definition) is 4. The molecule has 0 aliphatic heterocycles. The highest BCUT2D eigenvalue weighted by Gasteiger charge is 2.03. The van der Waals surface area contributed by atoms with Gasteiger partial charge in [-0.25, -0.2) is 9.59 Å². The largest absolute Gasteiger partial charge is 0.478 e. The maximum absolute atomic E-state index is 10.7. The number of carboxylic acids is 1. The first-order chi connectivity index (χ1) is 13.1. The molecule has 0 radical (unpaired) electrons. The van der Waals surface area contributed by atoms with Crippen LogP contribution in [0.5, 0.6) is 0 Å². The van der Waals surface area contributed by atoms with E-state index in [0.29, 0.717) is 18.1 Å². The van der Waals surface area contributed by atoms with Gasteiger partial charge in [-0.2, -0.15) is 0 Å². The fraction of sp³-hybridized carbons (Fsp3) is 0.591. The molecule has 0 spiro atoms. The third-order valence-electron chi connectivity index (χ3n) is 3.09. The van der Waals surface area contributed by atoms with Crippen LogP contribution in [0.4, 0.5) is 0 Å². The number of esters is 1. The van der Waals surface area contributed by atoms with Crippen LogP contribution < -0.4 is 5.32 Å². The van der Waals surface area contributed by atoms with Crippen molar-refractivity contribution < 1.29 is 24.2 Å². The number of aliphatic carboxylic acids is 1. The van der Waals surface area contributed by atoms with Gasteiger partial charge in [-0.3, -0.25) is 4.79 Å². The van der Waals surface area contributed by atoms with Gasteiger partial charge in [0.2, 0.25) is 5.91 Å². The SMILES string of the molecule is C=C(C)C(=O)OCC(C)C.C=CC(=O)NCCCCCCCC.C=CC(=O)O. The van der Waals surface area contributed by atoms with Crippen molar-refractivity contribution in [1.82, 2.24) is 5.32 Å². The summed E-state index contributed by atoms with van der Waals surface area (Å²) in [5, 5.41) is 10.4. The predicted molar refractivity (Wildman–Crippen MR) is 115 cm³/mol. The van der Waals surface area contributed by atoms with Gasteiger partial charge in [-0.05, 0) is 25.3 Å². The van der Waals surface area contributed by atoms with Crippen molar-refractivity contribution in [2.75, 3.05) is 13.2 Å². The second kappa shape index (κ2) is 22.7. The molecule has 162 valence electrons. The summed E-state index contributed by atoms with van der Waals surface area (Å²) in [6.07, 6.45) is 9.69. The number of carbonyl (C=O) groups is 3. The van der Waals surface area contributed by atoms with E-state index < -0.39 is 5.97 Å². The maximum atomic E-state index is 10.7. The summed E-state index contributed by atoms with van der Waals surface area (Å²) in [4.78, 5) is 30.7. The van der Waals surface area contributed by atoms with Gasteiger partial charge in [0.1, 0.15) is 0 Å². The summed E-state index contributed by atoms with van der Waals surface area (Å²) in [7, 11) is 0. The van der Waals surface area contributed by atoms with E-state index in [1.807, 2.05) is 13.8 Å². The average Bonchev–Trinajstić information content (AvgIpc) is 2.65. The summed E-state index contributed by atoms with van der Waals surface area (Å²) in [6, 6.07) is 0. The monoisotopic (exact) mass is 397 g/mol. The molecule has 1 amide bonds. The molecule has 6 heteroatoms. The molecule has 0 aromatic rings. The van der Waals surface area contributed by atoms with Crippen LogP contribution in [0.1, 0.15) is 66.2 Å². The summed E-state index contributed by atoms with van der Waals surface area (Å²) in [5.74, 6) is -0.949. The Morgan fingerprint density at radius 1 is 1.04 bits per heavy atom. The number of ether oxygens (including phenoxy) is 1. The molecule has 6 nitrogen and oxygen atoms in total. The minimum absolute atomic E-state index is 0.0615. The highest BCUT2D eigenvalue weighted by molar-refractivity contribution is 5.87. The molecule has 0 saturated heterocycles. The minimum atomic E-state index is -0.981. The zero-order valence-electron chi connectivity index (χ0n) is 18.1. The maximum Gasteiger partial charge on any atom is 0.333 e. The fourth-order valence-corrected chi connectivity index (χ4v) is 1.55. The van der Waals surface area contributed by atoms with Gasteiger partial charge in [0, 0.05) is 18.2 Å². The summed E-state index contributed by atoms with van der Waals surface area (Å²) < 4.78 is 4.83. The van der Waals surface area contributed by atoms with E-state index in [1.54, 1.807) is 6.92 Å². The van der Waals surface area contributed by atoms with Crippen LogP contribution >= 0.6 is 0 Å². The lowest BCUT2D eigenvalue weighted by Gasteiger charge is -2.05. The third kappa shape index (κ3) is 31.4. The lowest BCUT2D eigenvalue weighted by atomic mass is 10.1. The van der Waals surface area contributed by atoms with E-state index in [1.165, 1.54) is 38.2 Å². The predicted octanol–water partition coefficient (Wildman–Crippen LogP) is 4.67. The van der Waals surface area contributed by atoms with E-state index in [0.717, 1.165) is 19.0 Å². The Labute approximate surface area is 170 Å². The van der Waals surface area contributed by atoms with Crippen LogP contribution in [0.15, 0.2) is 37.5 Å². The van der Waals surface area contributed by atoms with E-state index in [2.05, 4.69) is 32.0 Å². The van der Waals surface area contributed by atoms with E-state index in [4.69, 9.17) is 9.84 Å². The van der Waals surface area contributed by atoms with Crippen molar-refractivity contribution in [2.45, 2.75) is 66.2 Å². The number of carbonyl (C=O) groups excluding carboxylic acids is 2. The Kier molecular flexibility index (Phi) is 24.6. The van der Waals surface area contributed by atoms with Crippen LogP contribution in [0, 0.1) is 5.92 Å². The molecule has 0 aliphatic carbocycles. The molecule has 0 atom stereocenters. The van der Waals surface area contributed by atoms with Crippen molar-refractivity contribution >= 4 is 17.8 Å². The molecule has 0 aromatic carbocycles. The van der Waals surface area contributed by atoms with Crippen LogP contribution in [0.3, 0.4) is 0 Å². The number of unbranched alkanes of at least 4 members (excludes halogenated alkanes) is 5. The second-order valence-electron chi connectivity index (χ2n) is 6.58. The Morgan fingerprint density at radius 2 is 1.54 bits per heavy atom. The average molecular weight is 398 g/mol. The molecule has 0 fully saturated rings. The Morgan fingerprint density at radius 3 is 1.93 bits per heavy atom. The molecule has 28 heavy (non-hydrogen) atoms. The summed E-state index contributed by atoms with van der Waals surface area (Å²) >= 11 is 0.